The third kappa shape index (κ3) is 5.93. The molecule has 0 saturated heterocycles. The second-order valence-electron chi connectivity index (χ2n) is 5.70. The Hall–Kier alpha value is -3.20. The maximum Gasteiger partial charge on any atom is 0.338 e. The van der Waals surface area contributed by atoms with Crippen LogP contribution in [-0.4, -0.2) is 53.0 Å². The average Bonchev–Trinajstić information content (AvgIpc) is 2.65. The monoisotopic (exact) mass is 374 g/mol. The zero-order valence-corrected chi connectivity index (χ0v) is 15.2. The number of esters is 1. The minimum absolute atomic E-state index is 0.163. The molecule has 1 heterocycles. The molecule has 9 heteroatoms. The molecule has 2 aromatic rings. The van der Waals surface area contributed by atoms with Crippen LogP contribution in [0.2, 0.25) is 0 Å². The van der Waals surface area contributed by atoms with Gasteiger partial charge in [0.25, 0.3) is 11.5 Å². The van der Waals surface area contributed by atoms with Gasteiger partial charge in [0.1, 0.15) is 12.3 Å². The van der Waals surface area contributed by atoms with Crippen molar-refractivity contribution in [1.29, 1.82) is 0 Å². The van der Waals surface area contributed by atoms with E-state index in [4.69, 9.17) is 4.74 Å². The average molecular weight is 374 g/mol. The third-order valence-electron chi connectivity index (χ3n) is 3.92. The van der Waals surface area contributed by atoms with Crippen LogP contribution in [0.5, 0.6) is 0 Å². The SMILES string of the molecule is CCN(CC)CCOC(=O)c1ccc(NC(=O)c2cc(=O)[nH]c(=O)[nH]2)cc1. The summed E-state index contributed by atoms with van der Waals surface area (Å²) < 4.78 is 5.23. The van der Waals surface area contributed by atoms with Crippen molar-refractivity contribution in [2.24, 2.45) is 0 Å². The van der Waals surface area contributed by atoms with E-state index in [1.54, 1.807) is 0 Å². The van der Waals surface area contributed by atoms with Crippen LogP contribution in [-0.2, 0) is 4.74 Å². The van der Waals surface area contributed by atoms with Crippen molar-refractivity contribution in [3.05, 3.63) is 62.4 Å². The highest BCUT2D eigenvalue weighted by molar-refractivity contribution is 6.03. The van der Waals surface area contributed by atoms with Gasteiger partial charge in [0.05, 0.1) is 5.56 Å². The van der Waals surface area contributed by atoms with E-state index in [0.29, 0.717) is 24.4 Å². The summed E-state index contributed by atoms with van der Waals surface area (Å²) >= 11 is 0. The van der Waals surface area contributed by atoms with Crippen molar-refractivity contribution in [1.82, 2.24) is 14.9 Å². The number of anilines is 1. The Balaban J connectivity index is 1.94. The molecule has 2 rings (SSSR count). The summed E-state index contributed by atoms with van der Waals surface area (Å²) in [6.45, 7) is 6.83. The number of aromatic amines is 2. The van der Waals surface area contributed by atoms with Crippen LogP contribution in [0.15, 0.2) is 39.9 Å². The Bertz CT molecular complexity index is 869. The molecule has 0 spiro atoms. The van der Waals surface area contributed by atoms with E-state index in [9.17, 15) is 19.2 Å². The smallest absolute Gasteiger partial charge is 0.338 e. The summed E-state index contributed by atoms with van der Waals surface area (Å²) in [6.07, 6.45) is 0. The fourth-order valence-corrected chi connectivity index (χ4v) is 2.37. The molecular formula is C18H22N4O5. The number of benzene rings is 1. The predicted octanol–water partition coefficient (Wildman–Crippen LogP) is 0.814. The Morgan fingerprint density at radius 1 is 1.07 bits per heavy atom. The maximum atomic E-state index is 12.1. The van der Waals surface area contributed by atoms with Crippen molar-refractivity contribution < 1.29 is 14.3 Å². The molecule has 1 amide bonds. The van der Waals surface area contributed by atoms with Crippen LogP contribution in [0.3, 0.4) is 0 Å². The molecule has 0 aliphatic rings. The Morgan fingerprint density at radius 3 is 2.33 bits per heavy atom. The molecule has 3 N–H and O–H groups in total. The lowest BCUT2D eigenvalue weighted by Crippen LogP contribution is -2.28. The van der Waals surface area contributed by atoms with E-state index in [2.05, 4.69) is 15.2 Å². The van der Waals surface area contributed by atoms with Crippen molar-refractivity contribution in [3.63, 3.8) is 0 Å². The highest BCUT2D eigenvalue weighted by Crippen LogP contribution is 2.11. The number of carbonyl (C=O) groups is 2. The van der Waals surface area contributed by atoms with Gasteiger partial charge in [0, 0.05) is 18.3 Å². The molecule has 1 aromatic carbocycles. The lowest BCUT2D eigenvalue weighted by molar-refractivity contribution is 0.0466. The van der Waals surface area contributed by atoms with Crippen molar-refractivity contribution >= 4 is 17.6 Å². The van der Waals surface area contributed by atoms with E-state index < -0.39 is 23.1 Å². The summed E-state index contributed by atoms with van der Waals surface area (Å²) in [7, 11) is 0. The topological polar surface area (TPSA) is 124 Å². The zero-order chi connectivity index (χ0) is 19.8. The van der Waals surface area contributed by atoms with Gasteiger partial charge in [-0.2, -0.15) is 0 Å². The maximum absolute atomic E-state index is 12.1. The van der Waals surface area contributed by atoms with Gasteiger partial charge >= 0.3 is 11.7 Å². The van der Waals surface area contributed by atoms with Gasteiger partial charge in [-0.3, -0.25) is 14.6 Å². The molecule has 0 radical (unpaired) electrons. The second-order valence-corrected chi connectivity index (χ2v) is 5.70. The number of nitrogens with zero attached hydrogens (tertiary/aromatic N) is 1. The van der Waals surface area contributed by atoms with E-state index in [1.165, 1.54) is 24.3 Å². The molecule has 1 aromatic heterocycles. The quantitative estimate of drug-likeness (QED) is 0.588. The number of rotatable bonds is 8. The molecule has 0 unspecified atom stereocenters. The van der Waals surface area contributed by atoms with E-state index >= 15 is 0 Å². The summed E-state index contributed by atoms with van der Waals surface area (Å²) in [5.41, 5.74) is -0.844. The minimum atomic E-state index is -0.768. The second kappa shape index (κ2) is 9.48. The molecule has 0 fully saturated rings. The summed E-state index contributed by atoms with van der Waals surface area (Å²) in [5, 5.41) is 2.53. The number of hydrogen-bond donors (Lipinski definition) is 3. The summed E-state index contributed by atoms with van der Waals surface area (Å²) in [6, 6.07) is 7.10. The fourth-order valence-electron chi connectivity index (χ4n) is 2.37. The highest BCUT2D eigenvalue weighted by Gasteiger charge is 2.11. The van der Waals surface area contributed by atoms with Crippen LogP contribution in [0.25, 0.3) is 0 Å². The van der Waals surface area contributed by atoms with Gasteiger partial charge in [-0.15, -0.1) is 0 Å². The lowest BCUT2D eigenvalue weighted by atomic mass is 10.2. The van der Waals surface area contributed by atoms with E-state index in [-0.39, 0.29) is 5.69 Å². The Morgan fingerprint density at radius 2 is 1.74 bits per heavy atom. The van der Waals surface area contributed by atoms with Gasteiger partial charge in [0.2, 0.25) is 0 Å². The number of ether oxygens (including phenoxy) is 1. The van der Waals surface area contributed by atoms with Crippen LogP contribution in [0.1, 0.15) is 34.7 Å². The normalized spacial score (nSPS) is 10.6. The zero-order valence-electron chi connectivity index (χ0n) is 15.2. The van der Waals surface area contributed by atoms with Crippen molar-refractivity contribution in [2.45, 2.75) is 13.8 Å². The minimum Gasteiger partial charge on any atom is -0.461 e. The standard InChI is InChI=1S/C18H22N4O5/c1-3-22(4-2)9-10-27-17(25)12-5-7-13(8-6-12)19-16(24)14-11-15(23)21-18(26)20-14/h5-8,11H,3-4,9-10H2,1-2H3,(H,19,24)(H2,20,21,23,26). The number of hydrogen-bond acceptors (Lipinski definition) is 6. The van der Waals surface area contributed by atoms with Crippen LogP contribution in [0.4, 0.5) is 5.69 Å². The molecule has 0 atom stereocenters. The molecule has 0 aliphatic heterocycles. The van der Waals surface area contributed by atoms with Crippen LogP contribution < -0.4 is 16.6 Å². The molecule has 144 valence electrons. The first-order valence-corrected chi connectivity index (χ1v) is 8.57. The molecule has 0 saturated carbocycles. The van der Waals surface area contributed by atoms with Gasteiger partial charge in [0.15, 0.2) is 0 Å². The number of nitrogens with one attached hydrogen (secondary N) is 3. The van der Waals surface area contributed by atoms with E-state index in [1.807, 2.05) is 18.8 Å². The van der Waals surface area contributed by atoms with Crippen molar-refractivity contribution in [3.8, 4) is 0 Å². The van der Waals surface area contributed by atoms with Gasteiger partial charge in [-0.1, -0.05) is 13.8 Å². The number of amides is 1. The number of aromatic nitrogens is 2. The van der Waals surface area contributed by atoms with Crippen molar-refractivity contribution in [2.75, 3.05) is 31.6 Å². The number of carbonyl (C=O) groups excluding carboxylic acids is 2. The number of likely N-dealkylation sites (N-methyl/N-ethyl adjacent to an activating group) is 1. The Kier molecular flexibility index (Phi) is 7.07. The number of H-pyrrole nitrogens is 2. The van der Waals surface area contributed by atoms with Gasteiger partial charge < -0.3 is 19.9 Å². The molecule has 27 heavy (non-hydrogen) atoms. The molecule has 9 nitrogen and oxygen atoms in total. The predicted molar refractivity (Wildman–Crippen MR) is 100 cm³/mol. The van der Waals surface area contributed by atoms with E-state index in [0.717, 1.165) is 19.2 Å². The van der Waals surface area contributed by atoms with Crippen LogP contribution in [0, 0.1) is 0 Å². The first-order chi connectivity index (χ1) is 12.9. The first kappa shape index (κ1) is 20.1. The van der Waals surface area contributed by atoms with Crippen LogP contribution >= 0.6 is 0 Å². The Labute approximate surface area is 155 Å². The molecular weight excluding hydrogens is 352 g/mol. The third-order valence-corrected chi connectivity index (χ3v) is 3.92. The molecule has 0 bridgehead atoms. The van der Waals surface area contributed by atoms with Gasteiger partial charge in [-0.25, -0.2) is 9.59 Å². The lowest BCUT2D eigenvalue weighted by Gasteiger charge is -2.17. The summed E-state index contributed by atoms with van der Waals surface area (Å²) in [4.78, 5) is 52.9. The first-order valence-electron chi connectivity index (χ1n) is 8.57. The summed E-state index contributed by atoms with van der Waals surface area (Å²) in [5.74, 6) is -1.09. The molecule has 0 aliphatic carbocycles. The fraction of sp³-hybridized carbons (Fsp3) is 0.333. The highest BCUT2D eigenvalue weighted by atomic mass is 16.5. The van der Waals surface area contributed by atoms with Gasteiger partial charge in [-0.05, 0) is 37.4 Å². The largest absolute Gasteiger partial charge is 0.461 e.